The molecule has 0 aromatic carbocycles. The van der Waals surface area contributed by atoms with Crippen LogP contribution in [0.25, 0.3) is 6.08 Å². The molecule has 2 unspecified atom stereocenters. The lowest BCUT2D eigenvalue weighted by Gasteiger charge is -2.11. The van der Waals surface area contributed by atoms with Gasteiger partial charge in [-0.1, -0.05) is 25.2 Å². The first-order chi connectivity index (χ1) is 11.9. The highest BCUT2D eigenvalue weighted by Gasteiger charge is 2.07. The van der Waals surface area contributed by atoms with Crippen molar-refractivity contribution in [2.75, 3.05) is 6.61 Å². The molecule has 5 heteroatoms. The molecular weight excluding hydrogens is 350 g/mol. The van der Waals surface area contributed by atoms with E-state index in [9.17, 15) is 5.11 Å². The number of hydrogen-bond donors (Lipinski definition) is 1. The largest absolute Gasteiger partial charge is 0.388 e. The summed E-state index contributed by atoms with van der Waals surface area (Å²) in [7, 11) is 0. The Labute approximate surface area is 161 Å². The van der Waals surface area contributed by atoms with Crippen LogP contribution in [-0.4, -0.2) is 22.8 Å². The molecule has 0 spiro atoms. The van der Waals surface area contributed by atoms with E-state index in [1.54, 1.807) is 16.7 Å². The molecule has 0 bridgehead atoms. The molecule has 25 heavy (non-hydrogen) atoms. The molecule has 0 fully saturated rings. The lowest BCUT2D eigenvalue weighted by atomic mass is 10.0. The zero-order valence-corrected chi connectivity index (χ0v) is 17.5. The second-order valence-corrected chi connectivity index (χ2v) is 8.35. The molecule has 0 aliphatic rings. The van der Waals surface area contributed by atoms with Crippen molar-refractivity contribution in [3.8, 4) is 0 Å². The van der Waals surface area contributed by atoms with Crippen LogP contribution in [-0.2, 0) is 4.18 Å². The van der Waals surface area contributed by atoms with Crippen molar-refractivity contribution in [2.24, 2.45) is 5.92 Å². The molecule has 1 aromatic heterocycles. The first-order valence-electron chi connectivity index (χ1n) is 8.75. The van der Waals surface area contributed by atoms with Crippen LogP contribution in [0.5, 0.6) is 0 Å². The van der Waals surface area contributed by atoms with Crippen molar-refractivity contribution < 1.29 is 9.29 Å². The minimum absolute atomic E-state index is 0.444. The number of nitrogens with zero attached hydrogens (tertiary/aromatic N) is 1. The number of aryl methyl sites for hydroxylation is 1. The van der Waals surface area contributed by atoms with E-state index in [4.69, 9.17) is 4.18 Å². The van der Waals surface area contributed by atoms with E-state index < -0.39 is 6.10 Å². The van der Waals surface area contributed by atoms with E-state index >= 15 is 0 Å². The molecule has 0 radical (unpaired) electrons. The molecule has 1 heterocycles. The molecule has 2 atom stereocenters. The molecule has 3 nitrogen and oxygen atoms in total. The Morgan fingerprint density at radius 1 is 1.48 bits per heavy atom. The smallest absolute Gasteiger partial charge is 0.0901 e. The van der Waals surface area contributed by atoms with Gasteiger partial charge in [0.15, 0.2) is 0 Å². The van der Waals surface area contributed by atoms with E-state index in [0.29, 0.717) is 12.3 Å². The molecule has 140 valence electrons. The second kappa shape index (κ2) is 12.5. The summed E-state index contributed by atoms with van der Waals surface area (Å²) in [5.74, 6) is 0.553. The first kappa shape index (κ1) is 22.2. The fourth-order valence-electron chi connectivity index (χ4n) is 2.39. The van der Waals surface area contributed by atoms with Gasteiger partial charge in [0, 0.05) is 17.4 Å². The van der Waals surface area contributed by atoms with Gasteiger partial charge in [0.1, 0.15) is 0 Å². The molecule has 0 saturated heterocycles. The van der Waals surface area contributed by atoms with E-state index in [1.165, 1.54) is 17.6 Å². The topological polar surface area (TPSA) is 42.4 Å². The molecule has 1 rings (SSSR count). The number of thiazole rings is 1. The van der Waals surface area contributed by atoms with Crippen LogP contribution in [0, 0.1) is 12.8 Å². The zero-order valence-electron chi connectivity index (χ0n) is 15.8. The van der Waals surface area contributed by atoms with Crippen molar-refractivity contribution in [1.82, 2.24) is 4.98 Å². The lowest BCUT2D eigenvalue weighted by molar-refractivity contribution is 0.215. The SMILES string of the molecule is C=CSOCC(C)CCC/C(C)=C\CC(O)/C(C)=C/c1csc(C)n1. The highest BCUT2D eigenvalue weighted by molar-refractivity contribution is 7.97. The number of aliphatic hydroxyl groups is 1. The number of rotatable bonds is 12. The van der Waals surface area contributed by atoms with Gasteiger partial charge in [-0.3, -0.25) is 0 Å². The molecule has 1 aromatic rings. The maximum Gasteiger partial charge on any atom is 0.0901 e. The Morgan fingerprint density at radius 3 is 2.88 bits per heavy atom. The molecule has 1 N–H and O–H groups in total. The summed E-state index contributed by atoms with van der Waals surface area (Å²) in [4.78, 5) is 4.41. The predicted octanol–water partition coefficient (Wildman–Crippen LogP) is 6.17. The first-order valence-corrected chi connectivity index (χ1v) is 10.4. The minimum atomic E-state index is -0.444. The van der Waals surface area contributed by atoms with Gasteiger partial charge in [0.05, 0.1) is 23.4 Å². The van der Waals surface area contributed by atoms with Crippen LogP contribution < -0.4 is 0 Å². The van der Waals surface area contributed by atoms with Gasteiger partial charge >= 0.3 is 0 Å². The quantitative estimate of drug-likeness (QED) is 0.267. The fraction of sp³-hybridized carbons (Fsp3) is 0.550. The summed E-state index contributed by atoms with van der Waals surface area (Å²) in [5.41, 5.74) is 3.23. The number of aromatic nitrogens is 1. The normalized spacial score (nSPS) is 15.2. The monoisotopic (exact) mass is 381 g/mol. The summed E-state index contributed by atoms with van der Waals surface area (Å²) < 4.78 is 5.40. The summed E-state index contributed by atoms with van der Waals surface area (Å²) in [5, 5.41) is 15.1. The van der Waals surface area contributed by atoms with Crippen LogP contribution in [0.4, 0.5) is 0 Å². The Balaban J connectivity index is 2.31. The predicted molar refractivity (Wildman–Crippen MR) is 112 cm³/mol. The maximum atomic E-state index is 10.3. The number of hydrogen-bond acceptors (Lipinski definition) is 5. The zero-order chi connectivity index (χ0) is 18.7. The van der Waals surface area contributed by atoms with Crippen LogP contribution in [0.1, 0.15) is 57.2 Å². The average molecular weight is 382 g/mol. The minimum Gasteiger partial charge on any atom is -0.388 e. The van der Waals surface area contributed by atoms with Gasteiger partial charge in [-0.2, -0.15) is 0 Å². The van der Waals surface area contributed by atoms with E-state index in [2.05, 4.69) is 31.5 Å². The summed E-state index contributed by atoms with van der Waals surface area (Å²) in [6.45, 7) is 12.7. The Bertz CT molecular complexity index is 578. The maximum absolute atomic E-state index is 10.3. The summed E-state index contributed by atoms with van der Waals surface area (Å²) >= 11 is 2.94. The van der Waals surface area contributed by atoms with Crippen LogP contribution in [0.15, 0.2) is 34.6 Å². The highest BCUT2D eigenvalue weighted by atomic mass is 32.2. The summed E-state index contributed by atoms with van der Waals surface area (Å²) in [6.07, 6.45) is 7.71. The van der Waals surface area contributed by atoms with Gasteiger partial charge in [0.2, 0.25) is 0 Å². The molecule has 0 saturated carbocycles. The molecule has 0 aliphatic carbocycles. The Morgan fingerprint density at radius 2 is 2.24 bits per heavy atom. The highest BCUT2D eigenvalue weighted by Crippen LogP contribution is 2.18. The second-order valence-electron chi connectivity index (χ2n) is 6.53. The van der Waals surface area contributed by atoms with E-state index in [-0.39, 0.29) is 0 Å². The third-order valence-electron chi connectivity index (χ3n) is 3.98. The van der Waals surface area contributed by atoms with Gasteiger partial charge in [-0.15, -0.1) is 11.3 Å². The fourth-order valence-corrected chi connectivity index (χ4v) is 3.37. The number of aliphatic hydroxyl groups excluding tert-OH is 1. The van der Waals surface area contributed by atoms with Crippen LogP contribution in [0.3, 0.4) is 0 Å². The van der Waals surface area contributed by atoms with Gasteiger partial charge < -0.3 is 9.29 Å². The third kappa shape index (κ3) is 10.00. The van der Waals surface area contributed by atoms with Crippen LogP contribution >= 0.6 is 23.4 Å². The molecule has 0 aliphatic heterocycles. The van der Waals surface area contributed by atoms with Crippen molar-refractivity contribution >= 4 is 29.5 Å². The van der Waals surface area contributed by atoms with E-state index in [1.807, 2.05) is 25.3 Å². The van der Waals surface area contributed by atoms with Crippen molar-refractivity contribution in [1.29, 1.82) is 0 Å². The Kier molecular flexibility index (Phi) is 11.1. The van der Waals surface area contributed by atoms with Gasteiger partial charge in [-0.25, -0.2) is 4.98 Å². The summed E-state index contributed by atoms with van der Waals surface area (Å²) in [6, 6.07) is 0. The Hall–Kier alpha value is -0.880. The standard InChI is InChI=1S/C20H31NO2S2/c1-6-25-23-13-16(3)9-7-8-15(2)10-11-20(22)17(4)12-19-14-24-18(5)21-19/h6,10,12,14,16,20,22H,1,7-9,11,13H2,2-5H3/b15-10-,17-12+. The van der Waals surface area contributed by atoms with Gasteiger partial charge in [-0.05, 0) is 69.4 Å². The molecule has 0 amide bonds. The van der Waals surface area contributed by atoms with Crippen molar-refractivity contribution in [3.05, 3.63) is 45.3 Å². The van der Waals surface area contributed by atoms with Crippen molar-refractivity contribution in [3.63, 3.8) is 0 Å². The number of allylic oxidation sites excluding steroid dienone is 1. The molecular formula is C20H31NO2S2. The van der Waals surface area contributed by atoms with Crippen molar-refractivity contribution in [2.45, 2.75) is 59.5 Å². The lowest BCUT2D eigenvalue weighted by Crippen LogP contribution is -2.06. The van der Waals surface area contributed by atoms with E-state index in [0.717, 1.165) is 42.1 Å². The van der Waals surface area contributed by atoms with Gasteiger partial charge in [0.25, 0.3) is 0 Å². The third-order valence-corrected chi connectivity index (χ3v) is 5.18. The van der Waals surface area contributed by atoms with Crippen LogP contribution in [0.2, 0.25) is 0 Å². The average Bonchev–Trinajstić information content (AvgIpc) is 2.97.